The summed E-state index contributed by atoms with van der Waals surface area (Å²) in [4.78, 5) is 26.4. The molecule has 170 valence electrons. The Bertz CT molecular complexity index is 1250. The Hall–Kier alpha value is -3.13. The highest BCUT2D eigenvalue weighted by Gasteiger charge is 2.59. The number of rotatable bonds is 5. The van der Waals surface area contributed by atoms with E-state index >= 15 is 0 Å². The molecule has 4 heterocycles. The maximum absolute atomic E-state index is 12.9. The van der Waals surface area contributed by atoms with Crippen molar-refractivity contribution in [3.05, 3.63) is 42.2 Å². The summed E-state index contributed by atoms with van der Waals surface area (Å²) in [5, 5.41) is 7.67. The van der Waals surface area contributed by atoms with Crippen LogP contribution in [-0.2, 0) is 5.54 Å². The lowest BCUT2D eigenvalue weighted by Crippen LogP contribution is -2.71. The molecule has 2 saturated heterocycles. The second kappa shape index (κ2) is 6.47. The number of nitrogens with zero attached hydrogens (tertiary/aromatic N) is 5. The second-order valence-corrected chi connectivity index (χ2v) is 10.9. The molecule has 2 aliphatic heterocycles. The van der Waals surface area contributed by atoms with Crippen LogP contribution in [0.4, 0.5) is 17.3 Å². The summed E-state index contributed by atoms with van der Waals surface area (Å²) in [6.07, 6.45) is 5.27. The summed E-state index contributed by atoms with van der Waals surface area (Å²) >= 11 is 0. The van der Waals surface area contributed by atoms with Crippen LogP contribution in [0.2, 0.25) is 0 Å². The van der Waals surface area contributed by atoms with Crippen molar-refractivity contribution in [2.24, 2.45) is 11.3 Å². The summed E-state index contributed by atoms with van der Waals surface area (Å²) in [6, 6.07) is 10.5. The summed E-state index contributed by atoms with van der Waals surface area (Å²) in [5.41, 5.74) is 4.38. The van der Waals surface area contributed by atoms with Crippen LogP contribution in [0.3, 0.4) is 0 Å². The number of amides is 1. The monoisotopic (exact) mass is 443 g/mol. The van der Waals surface area contributed by atoms with Gasteiger partial charge in [-0.05, 0) is 55.5 Å². The number of hydrogen-bond acceptors (Lipinski definition) is 6. The van der Waals surface area contributed by atoms with E-state index in [0.717, 1.165) is 73.8 Å². The SMILES string of the molecule is CN(C)C(=O)c1cc2cnc(Nc3ccc(N4CC5(CNC5)C4)cc3)nc2n1C12CC(C1)C2. The van der Waals surface area contributed by atoms with E-state index in [1.54, 1.807) is 19.0 Å². The zero-order valence-corrected chi connectivity index (χ0v) is 19.1. The average Bonchev–Trinajstić information content (AvgIpc) is 3.03. The lowest BCUT2D eigenvalue weighted by Gasteiger charge is -2.62. The first-order chi connectivity index (χ1) is 15.9. The molecular weight excluding hydrogens is 414 g/mol. The van der Waals surface area contributed by atoms with E-state index in [1.165, 1.54) is 5.69 Å². The zero-order valence-electron chi connectivity index (χ0n) is 19.1. The number of hydrogen-bond donors (Lipinski definition) is 2. The number of fused-ring (bicyclic) bond motifs is 1. The highest BCUT2D eigenvalue weighted by molar-refractivity contribution is 5.98. The molecule has 0 atom stereocenters. The number of benzene rings is 1. The summed E-state index contributed by atoms with van der Waals surface area (Å²) in [6.45, 7) is 4.57. The van der Waals surface area contributed by atoms with Crippen LogP contribution >= 0.6 is 0 Å². The van der Waals surface area contributed by atoms with Gasteiger partial charge in [-0.1, -0.05) is 0 Å². The van der Waals surface area contributed by atoms with Crippen molar-refractivity contribution in [1.29, 1.82) is 0 Å². The first kappa shape index (κ1) is 19.3. The Kier molecular flexibility index (Phi) is 3.79. The van der Waals surface area contributed by atoms with Crippen LogP contribution in [-0.4, -0.2) is 65.6 Å². The van der Waals surface area contributed by atoms with Crippen molar-refractivity contribution in [2.75, 3.05) is 50.5 Å². The second-order valence-electron chi connectivity index (χ2n) is 10.9. The molecule has 5 fully saturated rings. The first-order valence-corrected chi connectivity index (χ1v) is 11.9. The predicted octanol–water partition coefficient (Wildman–Crippen LogP) is 2.80. The first-order valence-electron chi connectivity index (χ1n) is 11.9. The van der Waals surface area contributed by atoms with E-state index in [4.69, 9.17) is 4.98 Å². The van der Waals surface area contributed by atoms with Gasteiger partial charge in [0.15, 0.2) is 0 Å². The third-order valence-corrected chi connectivity index (χ3v) is 8.19. The average molecular weight is 444 g/mol. The predicted molar refractivity (Wildman–Crippen MR) is 128 cm³/mol. The standard InChI is InChI=1S/C25H29N7O/c1-30(2)22(33)20-7-17-11-27-23(29-21(17)32(20)25-8-16(9-25)10-25)28-18-3-5-19(6-4-18)31-14-24(15-31)12-26-13-24/h3-7,11,16,26H,8-10,12-15H2,1-2H3,(H,27,28,29). The Balaban J connectivity index is 1.16. The van der Waals surface area contributed by atoms with E-state index in [-0.39, 0.29) is 11.4 Å². The van der Waals surface area contributed by atoms with Crippen molar-refractivity contribution in [3.63, 3.8) is 0 Å². The molecular formula is C25H29N7O. The molecule has 0 unspecified atom stereocenters. The van der Waals surface area contributed by atoms with Crippen LogP contribution in [0.25, 0.3) is 11.0 Å². The lowest BCUT2D eigenvalue weighted by atomic mass is 9.49. The minimum absolute atomic E-state index is 0.0216. The van der Waals surface area contributed by atoms with Crippen molar-refractivity contribution in [3.8, 4) is 0 Å². The van der Waals surface area contributed by atoms with Crippen LogP contribution in [0.5, 0.6) is 0 Å². The van der Waals surface area contributed by atoms with Crippen LogP contribution in [0, 0.1) is 11.3 Å². The topological polar surface area (TPSA) is 78.3 Å². The van der Waals surface area contributed by atoms with Crippen LogP contribution in [0.1, 0.15) is 29.8 Å². The van der Waals surface area contributed by atoms with Crippen molar-refractivity contribution in [2.45, 2.75) is 24.8 Å². The van der Waals surface area contributed by atoms with E-state index in [1.807, 2.05) is 12.3 Å². The molecule has 1 spiro atoms. The summed E-state index contributed by atoms with van der Waals surface area (Å²) in [5.74, 6) is 1.39. The van der Waals surface area contributed by atoms with Crippen LogP contribution in [0.15, 0.2) is 36.5 Å². The molecule has 8 nitrogen and oxygen atoms in total. The highest BCUT2D eigenvalue weighted by atomic mass is 16.2. The minimum Gasteiger partial charge on any atom is -0.370 e. The van der Waals surface area contributed by atoms with Gasteiger partial charge in [0.25, 0.3) is 5.91 Å². The molecule has 0 radical (unpaired) electrons. The molecule has 1 aromatic carbocycles. The van der Waals surface area contributed by atoms with Gasteiger partial charge in [-0.25, -0.2) is 4.98 Å². The van der Waals surface area contributed by atoms with Crippen molar-refractivity contribution >= 4 is 34.3 Å². The number of aromatic nitrogens is 3. The molecule has 3 saturated carbocycles. The van der Waals surface area contributed by atoms with Gasteiger partial charge in [0.1, 0.15) is 11.3 Å². The highest BCUT2D eigenvalue weighted by Crippen LogP contribution is 2.63. The fraction of sp³-hybridized carbons (Fsp3) is 0.480. The molecule has 8 heteroatoms. The normalized spacial score (nSPS) is 26.2. The van der Waals surface area contributed by atoms with Crippen molar-refractivity contribution < 1.29 is 4.79 Å². The minimum atomic E-state index is 0.0216. The molecule has 3 aromatic rings. The van der Waals surface area contributed by atoms with E-state index in [0.29, 0.717) is 11.4 Å². The van der Waals surface area contributed by atoms with E-state index in [9.17, 15) is 4.79 Å². The maximum Gasteiger partial charge on any atom is 0.270 e. The third kappa shape index (κ3) is 2.76. The third-order valence-electron chi connectivity index (χ3n) is 8.19. The molecule has 2 N–H and O–H groups in total. The molecule has 8 rings (SSSR count). The zero-order chi connectivity index (χ0) is 22.4. The molecule has 5 aliphatic rings. The van der Waals surface area contributed by atoms with Gasteiger partial charge in [-0.15, -0.1) is 0 Å². The molecule has 2 bridgehead atoms. The maximum atomic E-state index is 12.9. The fourth-order valence-electron chi connectivity index (χ4n) is 6.16. The Labute approximate surface area is 193 Å². The van der Waals surface area contributed by atoms with Gasteiger partial charge in [-0.2, -0.15) is 4.98 Å². The number of carbonyl (C=O) groups is 1. The fourth-order valence-corrected chi connectivity index (χ4v) is 6.16. The Morgan fingerprint density at radius 3 is 2.45 bits per heavy atom. The van der Waals surface area contributed by atoms with Gasteiger partial charge >= 0.3 is 0 Å². The van der Waals surface area contributed by atoms with Gasteiger partial charge in [0.05, 0.1) is 0 Å². The molecule has 1 amide bonds. The molecule has 3 aliphatic carbocycles. The van der Waals surface area contributed by atoms with Gasteiger partial charge in [-0.3, -0.25) is 4.79 Å². The quantitative estimate of drug-likeness (QED) is 0.632. The largest absolute Gasteiger partial charge is 0.370 e. The number of carbonyl (C=O) groups excluding carboxylic acids is 1. The Morgan fingerprint density at radius 1 is 1.15 bits per heavy atom. The molecule has 2 aromatic heterocycles. The van der Waals surface area contributed by atoms with Gasteiger partial charge < -0.3 is 25.0 Å². The summed E-state index contributed by atoms with van der Waals surface area (Å²) < 4.78 is 2.20. The van der Waals surface area contributed by atoms with E-state index in [2.05, 4.69) is 49.4 Å². The number of anilines is 3. The van der Waals surface area contributed by atoms with Crippen molar-refractivity contribution in [1.82, 2.24) is 24.8 Å². The Morgan fingerprint density at radius 2 is 1.88 bits per heavy atom. The van der Waals surface area contributed by atoms with Gasteiger partial charge in [0, 0.05) is 74.2 Å². The summed E-state index contributed by atoms with van der Waals surface area (Å²) in [7, 11) is 3.61. The van der Waals surface area contributed by atoms with Gasteiger partial charge in [0.2, 0.25) is 5.95 Å². The lowest BCUT2D eigenvalue weighted by molar-refractivity contribution is -0.0870. The molecule has 33 heavy (non-hydrogen) atoms. The van der Waals surface area contributed by atoms with E-state index < -0.39 is 0 Å². The number of nitrogens with one attached hydrogen (secondary N) is 2. The smallest absolute Gasteiger partial charge is 0.270 e. The van der Waals surface area contributed by atoms with Crippen LogP contribution < -0.4 is 15.5 Å².